The Bertz CT molecular complexity index is 511. The second-order valence-corrected chi connectivity index (χ2v) is 4.27. The van der Waals surface area contributed by atoms with Gasteiger partial charge < -0.3 is 4.74 Å². The van der Waals surface area contributed by atoms with Gasteiger partial charge in [0, 0.05) is 6.54 Å². The summed E-state index contributed by atoms with van der Waals surface area (Å²) in [7, 11) is 1.32. The Labute approximate surface area is 110 Å². The van der Waals surface area contributed by atoms with E-state index >= 15 is 0 Å². The molecular formula is C13H14N2O4. The molecule has 0 unspecified atom stereocenters. The van der Waals surface area contributed by atoms with Crippen molar-refractivity contribution in [2.45, 2.75) is 6.54 Å². The molecule has 1 aromatic carbocycles. The molecule has 1 heterocycles. The van der Waals surface area contributed by atoms with Crippen LogP contribution in [0.2, 0.25) is 0 Å². The van der Waals surface area contributed by atoms with Crippen LogP contribution in [0, 0.1) is 0 Å². The van der Waals surface area contributed by atoms with Crippen LogP contribution in [0.5, 0.6) is 0 Å². The molecule has 0 aliphatic carbocycles. The highest BCUT2D eigenvalue weighted by Gasteiger charge is 2.23. The quantitative estimate of drug-likeness (QED) is 0.609. The first kappa shape index (κ1) is 13.2. The van der Waals surface area contributed by atoms with Crippen molar-refractivity contribution in [3.8, 4) is 0 Å². The highest BCUT2D eigenvalue weighted by atomic mass is 16.5. The third kappa shape index (κ3) is 3.17. The van der Waals surface area contributed by atoms with Gasteiger partial charge in [-0.05, 0) is 11.6 Å². The van der Waals surface area contributed by atoms with E-state index in [-0.39, 0.29) is 24.9 Å². The Hall–Kier alpha value is -2.21. The van der Waals surface area contributed by atoms with Crippen LogP contribution >= 0.6 is 0 Å². The van der Waals surface area contributed by atoms with E-state index < -0.39 is 5.97 Å². The number of ether oxygens (including phenoxy) is 1. The molecule has 0 aromatic heterocycles. The van der Waals surface area contributed by atoms with Crippen molar-refractivity contribution in [2.75, 3.05) is 20.2 Å². The molecule has 0 spiro atoms. The monoisotopic (exact) mass is 262 g/mol. The van der Waals surface area contributed by atoms with E-state index in [0.717, 1.165) is 5.56 Å². The molecule has 1 aliphatic heterocycles. The lowest BCUT2D eigenvalue weighted by Gasteiger charge is -2.25. The van der Waals surface area contributed by atoms with Crippen LogP contribution < -0.4 is 5.32 Å². The average Bonchev–Trinajstić information content (AvgIpc) is 2.37. The number of benzene rings is 1. The summed E-state index contributed by atoms with van der Waals surface area (Å²) < 4.78 is 4.70. The number of piperazine rings is 1. The van der Waals surface area contributed by atoms with E-state index in [1.54, 1.807) is 29.2 Å². The standard InChI is InChI=1S/C13H14N2O4/c1-19-13(18)10-5-3-2-4-9(10)6-15-7-11(16)14-12(17)8-15/h2-5H,6-8H2,1H3,(H,14,16,17). The number of hydrogen-bond acceptors (Lipinski definition) is 5. The van der Waals surface area contributed by atoms with Crippen LogP contribution in [0.4, 0.5) is 0 Å². The summed E-state index contributed by atoms with van der Waals surface area (Å²) in [4.78, 5) is 35.9. The SMILES string of the molecule is COC(=O)c1ccccc1CN1CC(=O)NC(=O)C1. The lowest BCUT2D eigenvalue weighted by molar-refractivity contribution is -0.136. The van der Waals surface area contributed by atoms with Gasteiger partial charge in [-0.2, -0.15) is 0 Å². The van der Waals surface area contributed by atoms with Crippen LogP contribution in [0.15, 0.2) is 24.3 Å². The average molecular weight is 262 g/mol. The molecule has 0 atom stereocenters. The predicted molar refractivity (Wildman–Crippen MR) is 66.2 cm³/mol. The molecule has 1 fully saturated rings. The van der Waals surface area contributed by atoms with E-state index in [9.17, 15) is 14.4 Å². The first-order chi connectivity index (χ1) is 9.10. The lowest BCUT2D eigenvalue weighted by atomic mass is 10.1. The summed E-state index contributed by atoms with van der Waals surface area (Å²) in [6, 6.07) is 6.98. The second kappa shape index (κ2) is 5.62. The fourth-order valence-corrected chi connectivity index (χ4v) is 2.02. The Kier molecular flexibility index (Phi) is 3.91. The highest BCUT2D eigenvalue weighted by Crippen LogP contribution is 2.13. The Morgan fingerprint density at radius 1 is 1.26 bits per heavy atom. The molecule has 1 aliphatic rings. The van der Waals surface area contributed by atoms with Gasteiger partial charge >= 0.3 is 5.97 Å². The summed E-state index contributed by atoms with van der Waals surface area (Å²) in [5, 5.41) is 2.23. The summed E-state index contributed by atoms with van der Waals surface area (Å²) in [6.07, 6.45) is 0. The van der Waals surface area contributed by atoms with Crippen molar-refractivity contribution < 1.29 is 19.1 Å². The maximum Gasteiger partial charge on any atom is 0.338 e. The van der Waals surface area contributed by atoms with Crippen LogP contribution in [0.1, 0.15) is 15.9 Å². The molecule has 6 nitrogen and oxygen atoms in total. The molecule has 1 aromatic rings. The molecule has 0 radical (unpaired) electrons. The third-order valence-electron chi connectivity index (χ3n) is 2.83. The van der Waals surface area contributed by atoms with Gasteiger partial charge in [0.2, 0.25) is 11.8 Å². The summed E-state index contributed by atoms with van der Waals surface area (Å²) in [6.45, 7) is 0.632. The number of hydrogen-bond donors (Lipinski definition) is 1. The van der Waals surface area contributed by atoms with E-state index in [2.05, 4.69) is 5.32 Å². The fourth-order valence-electron chi connectivity index (χ4n) is 2.02. The Morgan fingerprint density at radius 2 is 1.89 bits per heavy atom. The van der Waals surface area contributed by atoms with Gasteiger partial charge in [0.1, 0.15) is 0 Å². The lowest BCUT2D eigenvalue weighted by Crippen LogP contribution is -2.51. The molecular weight excluding hydrogens is 248 g/mol. The topological polar surface area (TPSA) is 75.7 Å². The minimum absolute atomic E-state index is 0.140. The third-order valence-corrected chi connectivity index (χ3v) is 2.83. The van der Waals surface area contributed by atoms with Crippen LogP contribution in [0.3, 0.4) is 0 Å². The zero-order valence-electron chi connectivity index (χ0n) is 10.5. The van der Waals surface area contributed by atoms with Crippen LogP contribution in [-0.2, 0) is 20.9 Å². The predicted octanol–water partition coefficient (Wildman–Crippen LogP) is -0.0684. The molecule has 1 N–H and O–H groups in total. The Morgan fingerprint density at radius 3 is 2.53 bits per heavy atom. The minimum atomic E-state index is -0.427. The molecule has 6 heteroatoms. The molecule has 100 valence electrons. The molecule has 2 rings (SSSR count). The van der Waals surface area contributed by atoms with E-state index in [1.165, 1.54) is 7.11 Å². The second-order valence-electron chi connectivity index (χ2n) is 4.27. The van der Waals surface area contributed by atoms with Gasteiger partial charge in [0.15, 0.2) is 0 Å². The molecule has 19 heavy (non-hydrogen) atoms. The van der Waals surface area contributed by atoms with Crippen molar-refractivity contribution in [3.05, 3.63) is 35.4 Å². The number of carbonyl (C=O) groups excluding carboxylic acids is 3. The number of nitrogens with one attached hydrogen (secondary N) is 1. The van der Waals surface area contributed by atoms with Gasteiger partial charge in [0.25, 0.3) is 0 Å². The maximum absolute atomic E-state index is 11.6. The number of rotatable bonds is 3. The number of esters is 1. The molecule has 2 amide bonds. The first-order valence-corrected chi connectivity index (χ1v) is 5.81. The Balaban J connectivity index is 2.17. The number of amides is 2. The van der Waals surface area contributed by atoms with E-state index in [0.29, 0.717) is 12.1 Å². The van der Waals surface area contributed by atoms with Gasteiger partial charge in [0.05, 0.1) is 25.8 Å². The number of nitrogens with zero attached hydrogens (tertiary/aromatic N) is 1. The summed E-state index contributed by atoms with van der Waals surface area (Å²) >= 11 is 0. The smallest absolute Gasteiger partial charge is 0.338 e. The van der Waals surface area contributed by atoms with Gasteiger partial charge in [-0.25, -0.2) is 4.79 Å². The van der Waals surface area contributed by atoms with E-state index in [1.807, 2.05) is 0 Å². The van der Waals surface area contributed by atoms with Crippen molar-refractivity contribution in [2.24, 2.45) is 0 Å². The van der Waals surface area contributed by atoms with Crippen molar-refractivity contribution in [1.82, 2.24) is 10.2 Å². The summed E-state index contributed by atoms with van der Waals surface area (Å²) in [5.74, 6) is -1.08. The number of imide groups is 1. The van der Waals surface area contributed by atoms with Crippen LogP contribution in [-0.4, -0.2) is 42.9 Å². The normalized spacial score (nSPS) is 16.1. The minimum Gasteiger partial charge on any atom is -0.465 e. The van der Waals surface area contributed by atoms with Gasteiger partial charge in [-0.15, -0.1) is 0 Å². The van der Waals surface area contributed by atoms with E-state index in [4.69, 9.17) is 4.74 Å². The molecule has 0 bridgehead atoms. The van der Waals surface area contributed by atoms with Gasteiger partial charge in [-0.3, -0.25) is 19.8 Å². The van der Waals surface area contributed by atoms with Crippen molar-refractivity contribution >= 4 is 17.8 Å². The van der Waals surface area contributed by atoms with Gasteiger partial charge in [-0.1, -0.05) is 18.2 Å². The molecule has 1 saturated heterocycles. The number of carbonyl (C=O) groups is 3. The largest absolute Gasteiger partial charge is 0.465 e. The highest BCUT2D eigenvalue weighted by molar-refractivity contribution is 5.99. The zero-order valence-corrected chi connectivity index (χ0v) is 10.5. The van der Waals surface area contributed by atoms with Crippen LogP contribution in [0.25, 0.3) is 0 Å². The first-order valence-electron chi connectivity index (χ1n) is 5.81. The fraction of sp³-hybridized carbons (Fsp3) is 0.308. The zero-order chi connectivity index (χ0) is 13.8. The number of methoxy groups -OCH3 is 1. The summed E-state index contributed by atoms with van der Waals surface area (Å²) in [5.41, 5.74) is 1.18. The van der Waals surface area contributed by atoms with Crippen molar-refractivity contribution in [1.29, 1.82) is 0 Å². The van der Waals surface area contributed by atoms with Crippen molar-refractivity contribution in [3.63, 3.8) is 0 Å². The maximum atomic E-state index is 11.6. The molecule has 0 saturated carbocycles.